The number of anilines is 1. The largest absolute Gasteiger partial charge is 0.350 e. The Balaban J connectivity index is 2.41. The number of benzene rings is 2. The lowest BCUT2D eigenvalue weighted by Crippen LogP contribution is -2.54. The Morgan fingerprint density at radius 1 is 1.00 bits per heavy atom. The van der Waals surface area contributed by atoms with Crippen LogP contribution < -0.4 is 9.62 Å². The molecule has 0 fully saturated rings. The van der Waals surface area contributed by atoms with E-state index >= 15 is 0 Å². The zero-order valence-corrected chi connectivity index (χ0v) is 21.4. The molecule has 33 heavy (non-hydrogen) atoms. The van der Waals surface area contributed by atoms with Gasteiger partial charge in [-0.05, 0) is 64.8 Å². The van der Waals surface area contributed by atoms with E-state index in [1.165, 1.54) is 4.90 Å². The van der Waals surface area contributed by atoms with Crippen molar-refractivity contribution in [1.82, 2.24) is 10.2 Å². The average Bonchev–Trinajstić information content (AvgIpc) is 2.67. The van der Waals surface area contributed by atoms with Crippen LogP contribution in [0.2, 0.25) is 0 Å². The van der Waals surface area contributed by atoms with Crippen LogP contribution in [-0.2, 0) is 26.2 Å². The summed E-state index contributed by atoms with van der Waals surface area (Å²) in [6, 6.07) is 13.9. The monoisotopic (exact) mass is 473 g/mol. The molecule has 7 nitrogen and oxygen atoms in total. The number of sulfonamides is 1. The van der Waals surface area contributed by atoms with E-state index in [0.29, 0.717) is 5.69 Å². The van der Waals surface area contributed by atoms with Crippen LogP contribution in [-0.4, -0.2) is 49.5 Å². The van der Waals surface area contributed by atoms with E-state index < -0.39 is 34.1 Å². The standard InChI is InChI=1S/C25H35N3O4S/c1-18-10-8-12-21(14-18)16-27(20(3)24(30)26-25(4,5)6)23(29)17-28(33(7,31)32)22-13-9-11-19(2)15-22/h8-15,20H,16-17H2,1-7H3,(H,26,30)/t20-/m1/s1. The molecule has 0 heterocycles. The van der Waals surface area contributed by atoms with E-state index in [0.717, 1.165) is 27.3 Å². The molecule has 0 aromatic heterocycles. The van der Waals surface area contributed by atoms with Crippen LogP contribution in [0, 0.1) is 13.8 Å². The van der Waals surface area contributed by atoms with Crippen molar-refractivity contribution in [2.75, 3.05) is 17.1 Å². The van der Waals surface area contributed by atoms with Crippen LogP contribution in [0.15, 0.2) is 48.5 Å². The van der Waals surface area contributed by atoms with Gasteiger partial charge in [-0.3, -0.25) is 13.9 Å². The number of hydrogen-bond donors (Lipinski definition) is 1. The second-order valence-electron chi connectivity index (χ2n) is 9.53. The molecular weight excluding hydrogens is 438 g/mol. The van der Waals surface area contributed by atoms with E-state index in [1.807, 2.05) is 65.0 Å². The number of rotatable bonds is 8. The average molecular weight is 474 g/mol. The van der Waals surface area contributed by atoms with Gasteiger partial charge in [0.15, 0.2) is 0 Å². The maximum absolute atomic E-state index is 13.5. The minimum atomic E-state index is -3.73. The molecule has 2 rings (SSSR count). The first kappa shape index (κ1) is 26.4. The van der Waals surface area contributed by atoms with Crippen LogP contribution >= 0.6 is 0 Å². The smallest absolute Gasteiger partial charge is 0.244 e. The van der Waals surface area contributed by atoms with Gasteiger partial charge in [0, 0.05) is 12.1 Å². The van der Waals surface area contributed by atoms with E-state index in [1.54, 1.807) is 25.1 Å². The molecule has 0 aliphatic heterocycles. The first-order valence-electron chi connectivity index (χ1n) is 10.9. The highest BCUT2D eigenvalue weighted by Gasteiger charge is 2.31. The van der Waals surface area contributed by atoms with E-state index in [9.17, 15) is 18.0 Å². The molecule has 2 amide bonds. The minimum absolute atomic E-state index is 0.185. The summed E-state index contributed by atoms with van der Waals surface area (Å²) in [7, 11) is -3.73. The van der Waals surface area contributed by atoms with E-state index in [4.69, 9.17) is 0 Å². The molecule has 0 saturated carbocycles. The second-order valence-corrected chi connectivity index (χ2v) is 11.4. The molecular formula is C25H35N3O4S. The van der Waals surface area contributed by atoms with Gasteiger partial charge in [-0.1, -0.05) is 42.0 Å². The summed E-state index contributed by atoms with van der Waals surface area (Å²) in [5.41, 5.74) is 2.71. The molecule has 2 aromatic rings. The Morgan fingerprint density at radius 2 is 1.58 bits per heavy atom. The SMILES string of the molecule is Cc1cccc(CN(C(=O)CN(c2cccc(C)c2)S(C)(=O)=O)[C@H](C)C(=O)NC(C)(C)C)c1. The summed E-state index contributed by atoms with van der Waals surface area (Å²) in [4.78, 5) is 27.9. The van der Waals surface area contributed by atoms with Crippen LogP contribution in [0.5, 0.6) is 0 Å². The van der Waals surface area contributed by atoms with Crippen molar-refractivity contribution < 1.29 is 18.0 Å². The van der Waals surface area contributed by atoms with Crippen LogP contribution in [0.1, 0.15) is 44.4 Å². The number of carbonyl (C=O) groups excluding carboxylic acids is 2. The highest BCUT2D eigenvalue weighted by atomic mass is 32.2. The maximum Gasteiger partial charge on any atom is 0.244 e. The van der Waals surface area contributed by atoms with Gasteiger partial charge >= 0.3 is 0 Å². The number of amides is 2. The summed E-state index contributed by atoms with van der Waals surface area (Å²) < 4.78 is 26.2. The number of carbonyl (C=O) groups is 2. The van der Waals surface area contributed by atoms with Gasteiger partial charge in [-0.15, -0.1) is 0 Å². The predicted octanol–water partition coefficient (Wildman–Crippen LogP) is 3.40. The quantitative estimate of drug-likeness (QED) is 0.637. The maximum atomic E-state index is 13.5. The Morgan fingerprint density at radius 3 is 2.09 bits per heavy atom. The molecule has 0 saturated heterocycles. The van der Waals surface area contributed by atoms with Crippen molar-refractivity contribution >= 4 is 27.5 Å². The van der Waals surface area contributed by atoms with Crippen molar-refractivity contribution in [3.8, 4) is 0 Å². The highest BCUT2D eigenvalue weighted by molar-refractivity contribution is 7.92. The minimum Gasteiger partial charge on any atom is -0.350 e. The van der Waals surface area contributed by atoms with Gasteiger partial charge < -0.3 is 10.2 Å². The zero-order valence-electron chi connectivity index (χ0n) is 20.5. The lowest BCUT2D eigenvalue weighted by atomic mass is 10.1. The highest BCUT2D eigenvalue weighted by Crippen LogP contribution is 2.20. The summed E-state index contributed by atoms with van der Waals surface area (Å²) >= 11 is 0. The fourth-order valence-corrected chi connectivity index (χ4v) is 4.30. The molecule has 0 aliphatic rings. The molecule has 0 bridgehead atoms. The van der Waals surface area contributed by atoms with Gasteiger partial charge in [0.05, 0.1) is 11.9 Å². The molecule has 1 atom stereocenters. The fourth-order valence-electron chi connectivity index (χ4n) is 3.46. The number of hydrogen-bond acceptors (Lipinski definition) is 4. The number of nitrogens with zero attached hydrogens (tertiary/aromatic N) is 2. The molecule has 8 heteroatoms. The Hall–Kier alpha value is -2.87. The summed E-state index contributed by atoms with van der Waals surface area (Å²) in [6.45, 7) is 10.9. The summed E-state index contributed by atoms with van der Waals surface area (Å²) in [5, 5.41) is 2.91. The molecule has 0 spiro atoms. The fraction of sp³-hybridized carbons (Fsp3) is 0.440. The lowest BCUT2D eigenvalue weighted by Gasteiger charge is -2.33. The zero-order chi connectivity index (χ0) is 25.0. The molecule has 2 aromatic carbocycles. The first-order valence-corrected chi connectivity index (χ1v) is 12.7. The predicted molar refractivity (Wildman–Crippen MR) is 132 cm³/mol. The van der Waals surface area contributed by atoms with Crippen molar-refractivity contribution in [3.05, 3.63) is 65.2 Å². The van der Waals surface area contributed by atoms with Crippen molar-refractivity contribution in [2.45, 2.75) is 59.7 Å². The van der Waals surface area contributed by atoms with Crippen LogP contribution in [0.3, 0.4) is 0 Å². The van der Waals surface area contributed by atoms with Gasteiger partial charge in [0.25, 0.3) is 0 Å². The topological polar surface area (TPSA) is 86.8 Å². The third kappa shape index (κ3) is 7.89. The van der Waals surface area contributed by atoms with E-state index in [-0.39, 0.29) is 12.5 Å². The molecule has 0 radical (unpaired) electrons. The van der Waals surface area contributed by atoms with Gasteiger partial charge in [-0.2, -0.15) is 0 Å². The summed E-state index contributed by atoms with van der Waals surface area (Å²) in [5.74, 6) is -0.759. The van der Waals surface area contributed by atoms with Crippen LogP contribution in [0.4, 0.5) is 5.69 Å². The van der Waals surface area contributed by atoms with Crippen molar-refractivity contribution in [1.29, 1.82) is 0 Å². The first-order chi connectivity index (χ1) is 15.2. The van der Waals surface area contributed by atoms with Crippen molar-refractivity contribution in [3.63, 3.8) is 0 Å². The summed E-state index contributed by atoms with van der Waals surface area (Å²) in [6.07, 6.45) is 1.07. The van der Waals surface area contributed by atoms with Gasteiger partial charge in [0.2, 0.25) is 21.8 Å². The number of nitrogens with one attached hydrogen (secondary N) is 1. The Kier molecular flexibility index (Phi) is 8.30. The third-order valence-corrected chi connectivity index (χ3v) is 6.21. The van der Waals surface area contributed by atoms with Gasteiger partial charge in [-0.25, -0.2) is 8.42 Å². The molecule has 0 aliphatic carbocycles. The Bertz CT molecular complexity index is 1110. The van der Waals surface area contributed by atoms with Gasteiger partial charge in [0.1, 0.15) is 12.6 Å². The van der Waals surface area contributed by atoms with Crippen molar-refractivity contribution in [2.24, 2.45) is 0 Å². The number of aryl methyl sites for hydroxylation is 2. The molecule has 0 unspecified atom stereocenters. The van der Waals surface area contributed by atoms with E-state index in [2.05, 4.69) is 5.32 Å². The third-order valence-electron chi connectivity index (χ3n) is 5.07. The normalized spacial score (nSPS) is 12.7. The Labute approximate surface area is 197 Å². The second kappa shape index (κ2) is 10.4. The molecule has 180 valence electrons. The lowest BCUT2D eigenvalue weighted by molar-refractivity contribution is -0.140. The van der Waals surface area contributed by atoms with Crippen LogP contribution in [0.25, 0.3) is 0 Å². The molecule has 1 N–H and O–H groups in total.